The molecule has 0 aliphatic rings. The van der Waals surface area contributed by atoms with Crippen molar-refractivity contribution in [3.8, 4) is 5.88 Å². The second kappa shape index (κ2) is 6.94. The van der Waals surface area contributed by atoms with E-state index in [4.69, 9.17) is 0 Å². The summed E-state index contributed by atoms with van der Waals surface area (Å²) in [6.07, 6.45) is 2.70. The molecule has 0 bridgehead atoms. The van der Waals surface area contributed by atoms with E-state index in [0.717, 1.165) is 31.8 Å². The molecule has 140 valence electrons. The van der Waals surface area contributed by atoms with Crippen LogP contribution in [0.2, 0.25) is 0 Å². The van der Waals surface area contributed by atoms with Gasteiger partial charge in [0.25, 0.3) is 5.56 Å². The topological polar surface area (TPSA) is 133 Å². The number of aliphatic carboxylic acids is 1. The highest BCUT2D eigenvalue weighted by atomic mass is 16.4. The Bertz CT molecular complexity index is 1170. The van der Waals surface area contributed by atoms with Crippen LogP contribution >= 0.6 is 0 Å². The molecule has 0 saturated heterocycles. The molecular weight excluding hydrogens is 352 g/mol. The van der Waals surface area contributed by atoms with Gasteiger partial charge < -0.3 is 20.0 Å². The molecule has 2 heterocycles. The summed E-state index contributed by atoms with van der Waals surface area (Å²) < 4.78 is 1.67. The average molecular weight is 369 g/mol. The number of carbonyl (C=O) groups excluding carboxylic acids is 1. The number of H-pyrrole nitrogens is 1. The standard InChI is InChI=1S/C18H18N4O5/c1-21-15(23)12(16(24)22(2)18(21)27)9-20-14(17(25)26)7-10-8-19-13-6-4-3-5-11(10)13/h3-6,8-9,14,19,23H,7H2,1-2H3,(H,25,26)/p-1/t14-/m0/s1. The predicted molar refractivity (Wildman–Crippen MR) is 97.0 cm³/mol. The van der Waals surface area contributed by atoms with Gasteiger partial charge in [0, 0.05) is 43.8 Å². The third-order valence-corrected chi connectivity index (χ3v) is 4.41. The third kappa shape index (κ3) is 3.26. The molecule has 0 fully saturated rings. The first kappa shape index (κ1) is 18.2. The van der Waals surface area contributed by atoms with Gasteiger partial charge in [0.2, 0.25) is 5.88 Å². The molecule has 3 aromatic rings. The molecule has 9 heteroatoms. The molecule has 0 amide bonds. The summed E-state index contributed by atoms with van der Waals surface area (Å²) in [5, 5.41) is 22.4. The number of fused-ring (bicyclic) bond motifs is 1. The summed E-state index contributed by atoms with van der Waals surface area (Å²) in [6.45, 7) is 0. The number of aliphatic imine (C=N–C) groups is 1. The molecule has 0 saturated carbocycles. The van der Waals surface area contributed by atoms with Gasteiger partial charge in [0.15, 0.2) is 0 Å². The zero-order chi connectivity index (χ0) is 19.7. The van der Waals surface area contributed by atoms with E-state index in [0.29, 0.717) is 0 Å². The fourth-order valence-corrected chi connectivity index (χ4v) is 2.84. The zero-order valence-corrected chi connectivity index (χ0v) is 14.7. The van der Waals surface area contributed by atoms with Crippen molar-refractivity contribution < 1.29 is 15.0 Å². The number of para-hydroxylation sites is 1. The maximum Gasteiger partial charge on any atom is 0.333 e. The number of nitrogens with one attached hydrogen (secondary N) is 1. The summed E-state index contributed by atoms with van der Waals surface area (Å²) in [4.78, 5) is 42.4. The van der Waals surface area contributed by atoms with Crippen molar-refractivity contribution in [2.24, 2.45) is 19.1 Å². The fourth-order valence-electron chi connectivity index (χ4n) is 2.84. The van der Waals surface area contributed by atoms with Gasteiger partial charge in [-0.25, -0.2) is 4.79 Å². The second-order valence-corrected chi connectivity index (χ2v) is 6.12. The summed E-state index contributed by atoms with van der Waals surface area (Å²) in [7, 11) is 2.54. The number of carboxylic acids is 1. The van der Waals surface area contributed by atoms with Crippen LogP contribution in [0.4, 0.5) is 0 Å². The Morgan fingerprint density at radius 1 is 1.30 bits per heavy atom. The van der Waals surface area contributed by atoms with E-state index in [2.05, 4.69) is 9.98 Å². The highest BCUT2D eigenvalue weighted by molar-refractivity contribution is 5.86. The molecular formula is C18H17N4O5-. The van der Waals surface area contributed by atoms with Crippen LogP contribution in [0.1, 0.15) is 11.1 Å². The highest BCUT2D eigenvalue weighted by Crippen LogP contribution is 2.20. The molecule has 0 aliphatic heterocycles. The minimum atomic E-state index is -1.42. The first-order chi connectivity index (χ1) is 12.8. The van der Waals surface area contributed by atoms with Crippen LogP contribution in [0, 0.1) is 0 Å². The molecule has 1 aromatic carbocycles. The van der Waals surface area contributed by atoms with Crippen molar-refractivity contribution >= 4 is 23.1 Å². The number of hydrogen-bond acceptors (Lipinski definition) is 6. The average Bonchev–Trinajstić information content (AvgIpc) is 3.06. The molecule has 0 unspecified atom stereocenters. The number of carboxylic acid groups (broad SMARTS) is 1. The molecule has 9 nitrogen and oxygen atoms in total. The number of aromatic nitrogens is 3. The Morgan fingerprint density at radius 3 is 2.70 bits per heavy atom. The van der Waals surface area contributed by atoms with Gasteiger partial charge in [0.05, 0.1) is 12.0 Å². The maximum absolute atomic E-state index is 12.2. The van der Waals surface area contributed by atoms with E-state index in [1.807, 2.05) is 24.3 Å². The number of benzene rings is 1. The first-order valence-electron chi connectivity index (χ1n) is 8.09. The SMILES string of the molecule is Cn1c(O)c(C=N[C@@H](Cc2c[nH]c3ccccc23)C(=O)[O-])c(=O)n(C)c1=O. The van der Waals surface area contributed by atoms with Gasteiger partial charge >= 0.3 is 5.69 Å². The van der Waals surface area contributed by atoms with Gasteiger partial charge in [-0.1, -0.05) is 18.2 Å². The highest BCUT2D eigenvalue weighted by Gasteiger charge is 2.16. The van der Waals surface area contributed by atoms with Crippen LogP contribution in [-0.4, -0.2) is 37.5 Å². The summed E-state index contributed by atoms with van der Waals surface area (Å²) >= 11 is 0. The summed E-state index contributed by atoms with van der Waals surface area (Å²) in [6, 6.07) is 6.14. The van der Waals surface area contributed by atoms with Crippen molar-refractivity contribution in [1.82, 2.24) is 14.1 Å². The minimum Gasteiger partial charge on any atom is -0.548 e. The predicted octanol–water partition coefficient (Wildman–Crippen LogP) is -0.949. The number of nitrogens with zero attached hydrogens (tertiary/aromatic N) is 3. The Kier molecular flexibility index (Phi) is 4.68. The Morgan fingerprint density at radius 2 is 2.00 bits per heavy atom. The van der Waals surface area contributed by atoms with E-state index in [1.165, 1.54) is 14.1 Å². The molecule has 2 N–H and O–H groups in total. The number of carbonyl (C=O) groups is 1. The molecule has 2 aromatic heterocycles. The minimum absolute atomic E-state index is 0.0374. The van der Waals surface area contributed by atoms with Crippen molar-refractivity contribution in [3.63, 3.8) is 0 Å². The molecule has 0 aliphatic carbocycles. The van der Waals surface area contributed by atoms with Crippen LogP contribution in [0.3, 0.4) is 0 Å². The van der Waals surface area contributed by atoms with Gasteiger partial charge in [0.1, 0.15) is 5.56 Å². The van der Waals surface area contributed by atoms with Gasteiger partial charge in [-0.3, -0.25) is 18.9 Å². The molecule has 27 heavy (non-hydrogen) atoms. The lowest BCUT2D eigenvalue weighted by molar-refractivity contribution is -0.307. The third-order valence-electron chi connectivity index (χ3n) is 4.41. The quantitative estimate of drug-likeness (QED) is 0.560. The van der Waals surface area contributed by atoms with Crippen molar-refractivity contribution in [2.75, 3.05) is 0 Å². The summed E-state index contributed by atoms with van der Waals surface area (Å²) in [5.74, 6) is -2.01. The van der Waals surface area contributed by atoms with Crippen molar-refractivity contribution in [3.05, 3.63) is 62.4 Å². The number of aromatic hydroxyl groups is 1. The number of hydrogen-bond donors (Lipinski definition) is 2. The van der Waals surface area contributed by atoms with Crippen LogP contribution < -0.4 is 16.4 Å². The largest absolute Gasteiger partial charge is 0.548 e. The van der Waals surface area contributed by atoms with Gasteiger partial charge in [-0.2, -0.15) is 0 Å². The molecule has 1 atom stereocenters. The zero-order valence-electron chi connectivity index (χ0n) is 14.7. The molecule has 3 rings (SSSR count). The molecule has 0 spiro atoms. The van der Waals surface area contributed by atoms with Gasteiger partial charge in [-0.05, 0) is 11.6 Å². The monoisotopic (exact) mass is 369 g/mol. The first-order valence-corrected chi connectivity index (χ1v) is 8.09. The second-order valence-electron chi connectivity index (χ2n) is 6.12. The summed E-state index contributed by atoms with van der Waals surface area (Å²) in [5.41, 5.74) is -0.161. The lowest BCUT2D eigenvalue weighted by Crippen LogP contribution is -2.39. The van der Waals surface area contributed by atoms with E-state index in [1.54, 1.807) is 6.20 Å². The molecule has 0 radical (unpaired) electrons. The Balaban J connectivity index is 1.98. The fraction of sp³-hybridized carbons (Fsp3) is 0.222. The number of rotatable bonds is 5. The van der Waals surface area contributed by atoms with Crippen molar-refractivity contribution in [1.29, 1.82) is 0 Å². The van der Waals surface area contributed by atoms with E-state index < -0.39 is 29.1 Å². The van der Waals surface area contributed by atoms with E-state index in [9.17, 15) is 24.6 Å². The van der Waals surface area contributed by atoms with Gasteiger partial charge in [-0.15, -0.1) is 0 Å². The van der Waals surface area contributed by atoms with Crippen LogP contribution in [0.25, 0.3) is 10.9 Å². The lowest BCUT2D eigenvalue weighted by Gasteiger charge is -2.13. The van der Waals surface area contributed by atoms with Crippen molar-refractivity contribution in [2.45, 2.75) is 12.5 Å². The van der Waals surface area contributed by atoms with Crippen LogP contribution in [0.15, 0.2) is 45.0 Å². The maximum atomic E-state index is 12.2. The van der Waals surface area contributed by atoms with Crippen LogP contribution in [-0.2, 0) is 25.3 Å². The lowest BCUT2D eigenvalue weighted by atomic mass is 10.1. The normalized spacial score (nSPS) is 12.7. The van der Waals surface area contributed by atoms with E-state index in [-0.39, 0.29) is 12.0 Å². The Labute approximate surface area is 152 Å². The van der Waals surface area contributed by atoms with E-state index >= 15 is 0 Å². The number of aromatic amines is 1. The Hall–Kier alpha value is -3.62. The van der Waals surface area contributed by atoms with Crippen LogP contribution in [0.5, 0.6) is 5.88 Å². The smallest absolute Gasteiger partial charge is 0.333 e.